The third-order valence-electron chi connectivity index (χ3n) is 3.44. The maximum atomic E-state index is 5.89. The molecule has 0 saturated carbocycles. The minimum absolute atomic E-state index is 0. The summed E-state index contributed by atoms with van der Waals surface area (Å²) in [6.07, 6.45) is 3.52. The second kappa shape index (κ2) is 11.1. The molecule has 6 nitrogen and oxygen atoms in total. The number of nitrogens with one attached hydrogen (secondary N) is 1. The van der Waals surface area contributed by atoms with E-state index in [1.54, 1.807) is 25.6 Å². The molecule has 1 aromatic carbocycles. The van der Waals surface area contributed by atoms with Crippen LogP contribution in [0.15, 0.2) is 29.4 Å². The summed E-state index contributed by atoms with van der Waals surface area (Å²) in [6, 6.07) is 5.89. The van der Waals surface area contributed by atoms with E-state index in [0.29, 0.717) is 19.0 Å². The molecule has 0 fully saturated rings. The summed E-state index contributed by atoms with van der Waals surface area (Å²) in [5.74, 6) is 1.92. The van der Waals surface area contributed by atoms with Crippen molar-refractivity contribution in [2.24, 2.45) is 10.7 Å². The third kappa shape index (κ3) is 7.07. The van der Waals surface area contributed by atoms with Gasteiger partial charge in [-0.15, -0.1) is 35.3 Å². The first-order valence-electron chi connectivity index (χ1n) is 7.78. The summed E-state index contributed by atoms with van der Waals surface area (Å²) in [5, 5.41) is 4.22. The quantitative estimate of drug-likeness (QED) is 0.348. The first-order chi connectivity index (χ1) is 11.6. The highest BCUT2D eigenvalue weighted by atomic mass is 127. The number of benzene rings is 1. The molecule has 8 heteroatoms. The van der Waals surface area contributed by atoms with E-state index in [1.165, 1.54) is 4.88 Å². The molecule has 0 unspecified atom stereocenters. The maximum absolute atomic E-state index is 5.89. The van der Waals surface area contributed by atoms with Gasteiger partial charge in [0.1, 0.15) is 0 Å². The zero-order chi connectivity index (χ0) is 17.4. The molecule has 0 aliphatic heterocycles. The summed E-state index contributed by atoms with van der Waals surface area (Å²) < 4.78 is 10.5. The van der Waals surface area contributed by atoms with Crippen molar-refractivity contribution in [3.63, 3.8) is 0 Å². The Kier molecular flexibility index (Phi) is 9.58. The molecule has 0 aliphatic carbocycles. The van der Waals surface area contributed by atoms with Gasteiger partial charge >= 0.3 is 0 Å². The second-order valence-electron chi connectivity index (χ2n) is 5.25. The van der Waals surface area contributed by atoms with Gasteiger partial charge in [-0.05, 0) is 31.0 Å². The molecule has 2 rings (SSSR count). The molecular formula is C17H25IN4O2S. The number of nitrogens with zero attached hydrogens (tertiary/aromatic N) is 2. The molecule has 2 aromatic rings. The smallest absolute Gasteiger partial charge is 0.188 e. The molecular weight excluding hydrogens is 451 g/mol. The molecule has 0 aliphatic rings. The van der Waals surface area contributed by atoms with E-state index in [-0.39, 0.29) is 24.0 Å². The normalized spacial score (nSPS) is 10.9. The summed E-state index contributed by atoms with van der Waals surface area (Å²) in [4.78, 5) is 9.85. The van der Waals surface area contributed by atoms with Crippen molar-refractivity contribution < 1.29 is 9.47 Å². The molecule has 1 heterocycles. The lowest BCUT2D eigenvalue weighted by atomic mass is 10.1. The number of aliphatic imine (C=N–C) groups is 1. The molecule has 0 amide bonds. The Morgan fingerprint density at radius 2 is 2.00 bits per heavy atom. The van der Waals surface area contributed by atoms with Gasteiger partial charge in [0, 0.05) is 30.6 Å². The number of guanidine groups is 1. The number of thiazole rings is 1. The van der Waals surface area contributed by atoms with E-state index in [9.17, 15) is 0 Å². The maximum Gasteiger partial charge on any atom is 0.188 e. The van der Waals surface area contributed by atoms with Crippen LogP contribution in [0, 0.1) is 6.92 Å². The number of aryl methyl sites for hydroxylation is 1. The number of hydrogen-bond acceptors (Lipinski definition) is 5. The highest BCUT2D eigenvalue weighted by Crippen LogP contribution is 2.27. The molecule has 25 heavy (non-hydrogen) atoms. The molecule has 1 aromatic heterocycles. The Bertz CT molecular complexity index is 691. The average Bonchev–Trinajstić information content (AvgIpc) is 3.00. The van der Waals surface area contributed by atoms with Crippen molar-refractivity contribution in [1.29, 1.82) is 0 Å². The number of halogens is 1. The molecule has 0 radical (unpaired) electrons. The van der Waals surface area contributed by atoms with Gasteiger partial charge in [0.05, 0.1) is 19.2 Å². The van der Waals surface area contributed by atoms with Crippen LogP contribution >= 0.6 is 35.3 Å². The van der Waals surface area contributed by atoms with Crippen LogP contribution in [0.5, 0.6) is 11.5 Å². The van der Waals surface area contributed by atoms with Crippen molar-refractivity contribution in [2.75, 3.05) is 27.3 Å². The van der Waals surface area contributed by atoms with E-state index in [2.05, 4.69) is 22.2 Å². The van der Waals surface area contributed by atoms with Gasteiger partial charge in [0.15, 0.2) is 17.5 Å². The minimum atomic E-state index is 0. The van der Waals surface area contributed by atoms with Crippen LogP contribution in [0.1, 0.15) is 15.4 Å². The molecule has 0 saturated heterocycles. The van der Waals surface area contributed by atoms with Crippen molar-refractivity contribution in [3.05, 3.63) is 39.8 Å². The van der Waals surface area contributed by atoms with Gasteiger partial charge in [-0.2, -0.15) is 0 Å². The number of aromatic nitrogens is 1. The van der Waals surface area contributed by atoms with Gasteiger partial charge in [-0.1, -0.05) is 6.07 Å². The Morgan fingerprint density at radius 1 is 1.24 bits per heavy atom. The molecule has 0 atom stereocenters. The minimum Gasteiger partial charge on any atom is -0.493 e. The summed E-state index contributed by atoms with van der Waals surface area (Å²) in [6.45, 7) is 3.40. The molecule has 0 bridgehead atoms. The average molecular weight is 476 g/mol. The van der Waals surface area contributed by atoms with E-state index in [4.69, 9.17) is 15.2 Å². The van der Waals surface area contributed by atoms with Gasteiger partial charge < -0.3 is 20.5 Å². The fourth-order valence-corrected chi connectivity index (χ4v) is 2.99. The highest BCUT2D eigenvalue weighted by Gasteiger charge is 2.04. The summed E-state index contributed by atoms with van der Waals surface area (Å²) in [7, 11) is 3.26. The van der Waals surface area contributed by atoms with Gasteiger partial charge in [0.25, 0.3) is 0 Å². The van der Waals surface area contributed by atoms with E-state index in [0.717, 1.165) is 34.9 Å². The van der Waals surface area contributed by atoms with Crippen LogP contribution in [0.25, 0.3) is 0 Å². The summed E-state index contributed by atoms with van der Waals surface area (Å²) >= 11 is 1.70. The topological polar surface area (TPSA) is 81.8 Å². The Balaban J connectivity index is 0.00000312. The largest absolute Gasteiger partial charge is 0.493 e. The molecule has 3 N–H and O–H groups in total. The Morgan fingerprint density at radius 3 is 2.64 bits per heavy atom. The van der Waals surface area contributed by atoms with Crippen molar-refractivity contribution in [2.45, 2.75) is 19.8 Å². The van der Waals surface area contributed by atoms with Gasteiger partial charge in [-0.25, -0.2) is 4.98 Å². The zero-order valence-corrected chi connectivity index (χ0v) is 17.9. The number of methoxy groups -OCH3 is 2. The van der Waals surface area contributed by atoms with Crippen LogP contribution < -0.4 is 20.5 Å². The lowest BCUT2D eigenvalue weighted by Gasteiger charge is -2.10. The van der Waals surface area contributed by atoms with Crippen LogP contribution in [0.3, 0.4) is 0 Å². The van der Waals surface area contributed by atoms with Crippen molar-refractivity contribution in [1.82, 2.24) is 10.3 Å². The zero-order valence-electron chi connectivity index (χ0n) is 14.7. The molecule has 138 valence electrons. The Hall–Kier alpha value is -1.55. The van der Waals surface area contributed by atoms with Crippen molar-refractivity contribution in [3.8, 4) is 11.5 Å². The molecule has 0 spiro atoms. The number of nitrogens with two attached hydrogens (primary N) is 1. The second-order valence-corrected chi connectivity index (χ2v) is 6.57. The fraction of sp³-hybridized carbons (Fsp3) is 0.412. The van der Waals surface area contributed by atoms with E-state index in [1.807, 2.05) is 24.4 Å². The van der Waals surface area contributed by atoms with Crippen LogP contribution in [0.2, 0.25) is 0 Å². The van der Waals surface area contributed by atoms with Gasteiger partial charge in [-0.3, -0.25) is 4.99 Å². The number of ether oxygens (including phenoxy) is 2. The predicted octanol–water partition coefficient (Wildman–Crippen LogP) is 2.78. The predicted molar refractivity (Wildman–Crippen MR) is 114 cm³/mol. The van der Waals surface area contributed by atoms with Gasteiger partial charge in [0.2, 0.25) is 0 Å². The lowest BCUT2D eigenvalue weighted by Crippen LogP contribution is -2.33. The van der Waals surface area contributed by atoms with Crippen LogP contribution in [-0.2, 0) is 12.8 Å². The van der Waals surface area contributed by atoms with Crippen molar-refractivity contribution >= 4 is 41.3 Å². The standard InChI is InChI=1S/C17H24N4O2S.HI/c1-12-11-21-16(24-12)7-9-20-17(18)19-8-6-13-4-5-14(22-2)15(10-13)23-3;/h4-5,10-11H,6-9H2,1-3H3,(H3,18,19,20);1H. The summed E-state index contributed by atoms with van der Waals surface area (Å²) in [5.41, 5.74) is 7.03. The van der Waals surface area contributed by atoms with E-state index < -0.39 is 0 Å². The van der Waals surface area contributed by atoms with Crippen LogP contribution in [-0.4, -0.2) is 38.3 Å². The highest BCUT2D eigenvalue weighted by molar-refractivity contribution is 14.0. The number of hydrogen-bond donors (Lipinski definition) is 2. The first-order valence-corrected chi connectivity index (χ1v) is 8.60. The SMILES string of the molecule is COc1ccc(CCNC(N)=NCCc2ncc(C)s2)cc1OC.I. The van der Waals surface area contributed by atoms with Crippen LogP contribution in [0.4, 0.5) is 0 Å². The number of rotatable bonds is 8. The Labute approximate surface area is 169 Å². The fourth-order valence-electron chi connectivity index (χ4n) is 2.22. The monoisotopic (exact) mass is 476 g/mol. The van der Waals surface area contributed by atoms with E-state index >= 15 is 0 Å². The third-order valence-corrected chi connectivity index (χ3v) is 4.42. The first kappa shape index (κ1) is 21.5. The lowest BCUT2D eigenvalue weighted by molar-refractivity contribution is 0.354.